The van der Waals surface area contributed by atoms with E-state index in [2.05, 4.69) is 24.4 Å². The first-order chi connectivity index (χ1) is 6.46. The highest BCUT2D eigenvalue weighted by molar-refractivity contribution is 7.97. The van der Waals surface area contributed by atoms with Gasteiger partial charge in [0.05, 0.1) is 6.61 Å². The van der Waals surface area contributed by atoms with E-state index in [1.54, 1.807) is 0 Å². The van der Waals surface area contributed by atoms with Gasteiger partial charge in [0.1, 0.15) is 6.04 Å². The molecule has 0 spiro atoms. The third-order valence-corrected chi connectivity index (χ3v) is 5.99. The van der Waals surface area contributed by atoms with Gasteiger partial charge in [0.25, 0.3) is 0 Å². The second kappa shape index (κ2) is 4.65. The molecule has 1 fully saturated rings. The number of amides is 1. The molecule has 0 aliphatic carbocycles. The Morgan fingerprint density at radius 3 is 2.64 bits per heavy atom. The zero-order valence-corrected chi connectivity index (χ0v) is 11.0. The van der Waals surface area contributed by atoms with E-state index in [0.29, 0.717) is 13.2 Å². The Hall–Kier alpha value is -0.0431. The first-order valence-electron chi connectivity index (χ1n) is 4.81. The van der Waals surface area contributed by atoms with Gasteiger partial charge in [0.2, 0.25) is 5.91 Å². The Kier molecular flexibility index (Phi) is 4.00. The Morgan fingerprint density at radius 2 is 2.21 bits per heavy atom. The minimum absolute atomic E-state index is 0.160. The van der Waals surface area contributed by atoms with Crippen molar-refractivity contribution in [2.24, 2.45) is 0 Å². The fourth-order valence-corrected chi connectivity index (χ4v) is 3.85. The molecule has 1 heterocycles. The summed E-state index contributed by atoms with van der Waals surface area (Å²) in [4.78, 5) is 11.9. The van der Waals surface area contributed by atoms with Gasteiger partial charge >= 0.3 is 0 Å². The van der Waals surface area contributed by atoms with E-state index in [1.807, 2.05) is 10.9 Å². The molecular formula is C8H18N2O2SSi. The molecule has 6 heteroatoms. The lowest BCUT2D eigenvalue weighted by atomic mass is 10.3. The van der Waals surface area contributed by atoms with Crippen molar-refractivity contribution in [3.8, 4) is 0 Å². The van der Waals surface area contributed by atoms with Crippen LogP contribution < -0.4 is 4.72 Å². The van der Waals surface area contributed by atoms with Crippen LogP contribution in [0.15, 0.2) is 0 Å². The number of rotatable bonds is 4. The predicted molar refractivity (Wildman–Crippen MR) is 61.2 cm³/mol. The molecule has 0 aromatic rings. The van der Waals surface area contributed by atoms with E-state index < -0.39 is 8.24 Å². The summed E-state index contributed by atoms with van der Waals surface area (Å²) in [6.07, 6.45) is 0. The summed E-state index contributed by atoms with van der Waals surface area (Å²) in [5.74, 6) is 0.169. The molecule has 1 amide bonds. The van der Waals surface area contributed by atoms with Crippen molar-refractivity contribution in [3.63, 3.8) is 0 Å². The number of nitrogens with zero attached hydrogens (tertiary/aromatic N) is 1. The third-order valence-electron chi connectivity index (χ3n) is 1.88. The highest BCUT2D eigenvalue weighted by Crippen LogP contribution is 2.25. The van der Waals surface area contributed by atoms with Crippen molar-refractivity contribution in [2.75, 3.05) is 13.2 Å². The molecule has 1 aliphatic heterocycles. The fourth-order valence-electron chi connectivity index (χ4n) is 1.16. The van der Waals surface area contributed by atoms with Crippen LogP contribution in [0.5, 0.6) is 0 Å². The Bertz CT molecular complexity index is 220. The normalized spacial score (nSPS) is 23.3. The summed E-state index contributed by atoms with van der Waals surface area (Å²) in [5, 5.41) is 0. The van der Waals surface area contributed by atoms with Crippen LogP contribution in [0.4, 0.5) is 0 Å². The van der Waals surface area contributed by atoms with Crippen LogP contribution in [-0.2, 0) is 9.53 Å². The van der Waals surface area contributed by atoms with E-state index >= 15 is 0 Å². The molecule has 4 nitrogen and oxygen atoms in total. The highest BCUT2D eigenvalue weighted by Gasteiger charge is 2.39. The summed E-state index contributed by atoms with van der Waals surface area (Å²) in [5.41, 5.74) is 0. The summed E-state index contributed by atoms with van der Waals surface area (Å²) in [6, 6.07) is -0.160. The van der Waals surface area contributed by atoms with Crippen LogP contribution >= 0.6 is 12.1 Å². The molecule has 0 aromatic carbocycles. The average molecular weight is 234 g/mol. The standard InChI is InChI=1S/C8H18N2O2SSi/c1-5-12-6-7-8(11)10(13-9-7)14(2,3)4/h7,9H,5-6H2,1-4H3. The van der Waals surface area contributed by atoms with Crippen molar-refractivity contribution in [2.45, 2.75) is 32.6 Å². The van der Waals surface area contributed by atoms with E-state index in [9.17, 15) is 4.79 Å². The first-order valence-corrected chi connectivity index (χ1v) is 9.03. The zero-order valence-electron chi connectivity index (χ0n) is 9.16. The number of carbonyl (C=O) groups excluding carboxylic acids is 1. The number of hydrogen-bond donors (Lipinski definition) is 1. The number of hydrogen-bond acceptors (Lipinski definition) is 4. The van der Waals surface area contributed by atoms with Crippen LogP contribution in [-0.4, -0.2) is 37.4 Å². The lowest BCUT2D eigenvalue weighted by molar-refractivity contribution is -0.125. The molecule has 0 bridgehead atoms. The van der Waals surface area contributed by atoms with Gasteiger partial charge in [-0.3, -0.25) is 4.79 Å². The van der Waals surface area contributed by atoms with Crippen molar-refractivity contribution < 1.29 is 9.53 Å². The van der Waals surface area contributed by atoms with Gasteiger partial charge in [-0.25, -0.2) is 4.72 Å². The smallest absolute Gasteiger partial charge is 0.245 e. The van der Waals surface area contributed by atoms with E-state index in [-0.39, 0.29) is 11.9 Å². The summed E-state index contributed by atoms with van der Waals surface area (Å²) in [6.45, 7) is 9.53. The molecule has 1 rings (SSSR count). The number of nitrogens with one attached hydrogen (secondary N) is 1. The fraction of sp³-hybridized carbons (Fsp3) is 0.875. The maximum absolute atomic E-state index is 11.9. The van der Waals surface area contributed by atoms with Crippen molar-refractivity contribution in [3.05, 3.63) is 0 Å². The van der Waals surface area contributed by atoms with Gasteiger partial charge in [0.15, 0.2) is 8.24 Å². The van der Waals surface area contributed by atoms with Crippen LogP contribution in [0.2, 0.25) is 19.6 Å². The molecule has 1 atom stereocenters. The summed E-state index contributed by atoms with van der Waals surface area (Å²) in [7, 11) is -1.54. The van der Waals surface area contributed by atoms with Gasteiger partial charge in [-0.1, -0.05) is 19.6 Å². The van der Waals surface area contributed by atoms with Crippen molar-refractivity contribution >= 4 is 26.3 Å². The molecule has 1 unspecified atom stereocenters. The topological polar surface area (TPSA) is 41.6 Å². The van der Waals surface area contributed by atoms with Crippen LogP contribution in [0.1, 0.15) is 6.92 Å². The predicted octanol–water partition coefficient (Wildman–Crippen LogP) is 1.22. The largest absolute Gasteiger partial charge is 0.380 e. The second-order valence-corrected chi connectivity index (χ2v) is 10.1. The average Bonchev–Trinajstić information content (AvgIpc) is 2.42. The molecule has 1 aliphatic rings. The molecule has 0 radical (unpaired) electrons. The number of ether oxygens (including phenoxy) is 1. The monoisotopic (exact) mass is 234 g/mol. The van der Waals surface area contributed by atoms with Crippen LogP contribution in [0.3, 0.4) is 0 Å². The molecular weight excluding hydrogens is 216 g/mol. The van der Waals surface area contributed by atoms with Gasteiger partial charge in [-0.05, 0) is 6.92 Å². The minimum Gasteiger partial charge on any atom is -0.380 e. The quantitative estimate of drug-likeness (QED) is 0.587. The Balaban J connectivity index is 2.52. The van der Waals surface area contributed by atoms with Gasteiger partial charge in [-0.2, -0.15) is 0 Å². The lowest BCUT2D eigenvalue weighted by Crippen LogP contribution is -2.45. The van der Waals surface area contributed by atoms with Gasteiger partial charge < -0.3 is 8.71 Å². The van der Waals surface area contributed by atoms with Crippen LogP contribution in [0, 0.1) is 0 Å². The SMILES string of the molecule is CCOCC1NSN([Si](C)(C)C)C1=O. The van der Waals surface area contributed by atoms with Crippen molar-refractivity contribution in [1.82, 2.24) is 8.69 Å². The highest BCUT2D eigenvalue weighted by atomic mass is 32.2. The zero-order chi connectivity index (χ0) is 10.8. The third kappa shape index (κ3) is 2.72. The maximum atomic E-state index is 11.9. The molecule has 1 saturated heterocycles. The minimum atomic E-state index is -1.54. The molecule has 1 N–H and O–H groups in total. The maximum Gasteiger partial charge on any atom is 0.245 e. The molecule has 0 saturated carbocycles. The number of carbonyl (C=O) groups is 1. The first kappa shape index (κ1) is 12.0. The van der Waals surface area contributed by atoms with E-state index in [4.69, 9.17) is 4.74 Å². The van der Waals surface area contributed by atoms with E-state index in [1.165, 1.54) is 12.1 Å². The van der Waals surface area contributed by atoms with Gasteiger partial charge in [0, 0.05) is 18.7 Å². The Labute approximate surface area is 90.7 Å². The van der Waals surface area contributed by atoms with Crippen LogP contribution in [0.25, 0.3) is 0 Å². The summed E-state index contributed by atoms with van der Waals surface area (Å²) < 4.78 is 10.2. The lowest BCUT2D eigenvalue weighted by Gasteiger charge is -2.27. The molecule has 14 heavy (non-hydrogen) atoms. The second-order valence-electron chi connectivity index (χ2n) is 4.22. The Morgan fingerprint density at radius 1 is 1.57 bits per heavy atom. The van der Waals surface area contributed by atoms with Gasteiger partial charge in [-0.15, -0.1) is 0 Å². The van der Waals surface area contributed by atoms with E-state index in [0.717, 1.165) is 0 Å². The molecule has 82 valence electrons. The summed E-state index contributed by atoms with van der Waals surface area (Å²) >= 11 is 1.43. The molecule has 0 aromatic heterocycles. The van der Waals surface area contributed by atoms with Crippen molar-refractivity contribution in [1.29, 1.82) is 0 Å².